The highest BCUT2D eigenvalue weighted by molar-refractivity contribution is 6.01. The molecule has 0 spiro atoms. The molecule has 2 N–H and O–H groups in total. The molecule has 78 valence electrons. The van der Waals surface area contributed by atoms with E-state index in [1.807, 2.05) is 0 Å². The predicted octanol–water partition coefficient (Wildman–Crippen LogP) is 0.627. The third-order valence-corrected chi connectivity index (χ3v) is 2.20. The molecule has 0 aliphatic carbocycles. The van der Waals surface area contributed by atoms with Gasteiger partial charge >= 0.3 is 5.97 Å². The molecule has 0 aromatic carbocycles. The highest BCUT2D eigenvalue weighted by Crippen LogP contribution is 2.24. The SMILES string of the molecule is C#CCCCC(C)(C(=O)O)C(=O)NC. The lowest BCUT2D eigenvalue weighted by atomic mass is 9.84. The summed E-state index contributed by atoms with van der Waals surface area (Å²) in [4.78, 5) is 22.2. The molecule has 0 aliphatic rings. The second-order valence-corrected chi connectivity index (χ2v) is 3.27. The zero-order chi connectivity index (χ0) is 11.2. The summed E-state index contributed by atoms with van der Waals surface area (Å²) < 4.78 is 0. The van der Waals surface area contributed by atoms with Crippen molar-refractivity contribution in [1.29, 1.82) is 0 Å². The van der Waals surface area contributed by atoms with Gasteiger partial charge < -0.3 is 10.4 Å². The van der Waals surface area contributed by atoms with Crippen molar-refractivity contribution in [2.45, 2.75) is 26.2 Å². The van der Waals surface area contributed by atoms with Gasteiger partial charge in [0.05, 0.1) is 0 Å². The van der Waals surface area contributed by atoms with Gasteiger partial charge in [0.15, 0.2) is 0 Å². The van der Waals surface area contributed by atoms with E-state index in [0.29, 0.717) is 12.8 Å². The number of amides is 1. The van der Waals surface area contributed by atoms with E-state index in [9.17, 15) is 9.59 Å². The van der Waals surface area contributed by atoms with E-state index in [-0.39, 0.29) is 6.42 Å². The molecule has 14 heavy (non-hydrogen) atoms. The first-order chi connectivity index (χ1) is 6.49. The molecular formula is C10H15NO3. The lowest BCUT2D eigenvalue weighted by Gasteiger charge is -2.22. The van der Waals surface area contributed by atoms with Gasteiger partial charge in [-0.2, -0.15) is 0 Å². The molecule has 0 saturated carbocycles. The first-order valence-corrected chi connectivity index (χ1v) is 4.38. The summed E-state index contributed by atoms with van der Waals surface area (Å²) in [7, 11) is 1.42. The first-order valence-electron chi connectivity index (χ1n) is 4.38. The van der Waals surface area contributed by atoms with Crippen molar-refractivity contribution in [2.24, 2.45) is 5.41 Å². The standard InChI is InChI=1S/C10H15NO3/c1-4-5-6-7-10(2,9(13)14)8(12)11-3/h1H,5-7H2,2-3H3,(H,11,12)(H,13,14). The Kier molecular flexibility index (Phi) is 4.71. The van der Waals surface area contributed by atoms with Crippen LogP contribution in [0.3, 0.4) is 0 Å². The van der Waals surface area contributed by atoms with Crippen molar-refractivity contribution >= 4 is 11.9 Å². The summed E-state index contributed by atoms with van der Waals surface area (Å²) in [6.07, 6.45) is 6.32. The van der Waals surface area contributed by atoms with E-state index in [0.717, 1.165) is 0 Å². The minimum absolute atomic E-state index is 0.256. The van der Waals surface area contributed by atoms with Gasteiger partial charge in [-0.3, -0.25) is 9.59 Å². The number of terminal acetylenes is 1. The minimum atomic E-state index is -1.37. The Morgan fingerprint density at radius 2 is 2.14 bits per heavy atom. The molecule has 0 rings (SSSR count). The van der Waals surface area contributed by atoms with E-state index in [4.69, 9.17) is 11.5 Å². The fourth-order valence-corrected chi connectivity index (χ4v) is 1.14. The molecule has 0 fully saturated rings. The van der Waals surface area contributed by atoms with Crippen LogP contribution >= 0.6 is 0 Å². The van der Waals surface area contributed by atoms with Crippen LogP contribution in [-0.2, 0) is 9.59 Å². The summed E-state index contributed by atoms with van der Waals surface area (Å²) in [6, 6.07) is 0. The molecule has 0 saturated heterocycles. The van der Waals surface area contributed by atoms with Gasteiger partial charge in [0.2, 0.25) is 5.91 Å². The normalized spacial score (nSPS) is 13.8. The van der Waals surface area contributed by atoms with Gasteiger partial charge in [0.1, 0.15) is 5.41 Å². The van der Waals surface area contributed by atoms with Crippen molar-refractivity contribution in [3.63, 3.8) is 0 Å². The van der Waals surface area contributed by atoms with Gasteiger partial charge in [-0.05, 0) is 19.8 Å². The van der Waals surface area contributed by atoms with Crippen LogP contribution in [0, 0.1) is 17.8 Å². The van der Waals surface area contributed by atoms with Crippen molar-refractivity contribution in [1.82, 2.24) is 5.32 Å². The fraction of sp³-hybridized carbons (Fsp3) is 0.600. The van der Waals surface area contributed by atoms with Crippen LogP contribution in [0.2, 0.25) is 0 Å². The quantitative estimate of drug-likeness (QED) is 0.386. The number of nitrogens with one attached hydrogen (secondary N) is 1. The van der Waals surface area contributed by atoms with Crippen molar-refractivity contribution < 1.29 is 14.7 Å². The molecule has 4 heteroatoms. The van der Waals surface area contributed by atoms with Crippen LogP contribution in [0.1, 0.15) is 26.2 Å². The second kappa shape index (κ2) is 5.28. The number of carboxylic acid groups (broad SMARTS) is 1. The highest BCUT2D eigenvalue weighted by Gasteiger charge is 2.39. The van der Waals surface area contributed by atoms with E-state index in [1.165, 1.54) is 14.0 Å². The molecule has 0 bridgehead atoms. The number of hydrogen-bond acceptors (Lipinski definition) is 2. The predicted molar refractivity (Wildman–Crippen MR) is 52.5 cm³/mol. The van der Waals surface area contributed by atoms with Crippen LogP contribution in [0.25, 0.3) is 0 Å². The van der Waals surface area contributed by atoms with E-state index in [2.05, 4.69) is 11.2 Å². The number of rotatable bonds is 5. The molecule has 0 heterocycles. The number of carboxylic acids is 1. The van der Waals surface area contributed by atoms with Crippen LogP contribution in [0.5, 0.6) is 0 Å². The average molecular weight is 197 g/mol. The van der Waals surface area contributed by atoms with Crippen molar-refractivity contribution in [3.8, 4) is 12.3 Å². The van der Waals surface area contributed by atoms with Crippen molar-refractivity contribution in [3.05, 3.63) is 0 Å². The van der Waals surface area contributed by atoms with Gasteiger partial charge in [0.25, 0.3) is 0 Å². The van der Waals surface area contributed by atoms with Gasteiger partial charge in [-0.15, -0.1) is 12.3 Å². The lowest BCUT2D eigenvalue weighted by molar-refractivity contribution is -0.155. The Morgan fingerprint density at radius 3 is 2.50 bits per heavy atom. The summed E-state index contributed by atoms with van der Waals surface area (Å²) >= 11 is 0. The molecule has 1 amide bonds. The maximum Gasteiger partial charge on any atom is 0.318 e. The smallest absolute Gasteiger partial charge is 0.318 e. The molecule has 1 unspecified atom stereocenters. The number of unbranched alkanes of at least 4 members (excludes halogenated alkanes) is 1. The van der Waals surface area contributed by atoms with Crippen LogP contribution in [0.15, 0.2) is 0 Å². The van der Waals surface area contributed by atoms with E-state index >= 15 is 0 Å². The Morgan fingerprint density at radius 1 is 1.57 bits per heavy atom. The summed E-state index contributed by atoms with van der Waals surface area (Å²) in [5.74, 6) is 0.810. The molecule has 0 aromatic heterocycles. The van der Waals surface area contributed by atoms with Gasteiger partial charge in [0, 0.05) is 13.5 Å². The zero-order valence-corrected chi connectivity index (χ0v) is 8.46. The number of aliphatic carboxylic acids is 1. The molecule has 4 nitrogen and oxygen atoms in total. The fourth-order valence-electron chi connectivity index (χ4n) is 1.14. The van der Waals surface area contributed by atoms with Gasteiger partial charge in [-0.1, -0.05) is 0 Å². The number of hydrogen-bond donors (Lipinski definition) is 2. The number of carbonyl (C=O) groups excluding carboxylic acids is 1. The van der Waals surface area contributed by atoms with Gasteiger partial charge in [-0.25, -0.2) is 0 Å². The molecule has 0 radical (unpaired) electrons. The van der Waals surface area contributed by atoms with E-state index < -0.39 is 17.3 Å². The summed E-state index contributed by atoms with van der Waals surface area (Å²) in [5.41, 5.74) is -1.37. The topological polar surface area (TPSA) is 66.4 Å². The van der Waals surface area contributed by atoms with Crippen LogP contribution in [-0.4, -0.2) is 24.0 Å². The Hall–Kier alpha value is -1.50. The Bertz CT molecular complexity index is 267. The molecular weight excluding hydrogens is 182 g/mol. The largest absolute Gasteiger partial charge is 0.480 e. The molecule has 0 aliphatic heterocycles. The molecule has 1 atom stereocenters. The summed E-state index contributed by atoms with van der Waals surface area (Å²) in [5, 5.41) is 11.3. The summed E-state index contributed by atoms with van der Waals surface area (Å²) in [6.45, 7) is 1.41. The molecule has 0 aromatic rings. The Balaban J connectivity index is 4.50. The van der Waals surface area contributed by atoms with Crippen molar-refractivity contribution in [2.75, 3.05) is 7.05 Å². The Labute approximate surface area is 83.7 Å². The highest BCUT2D eigenvalue weighted by atomic mass is 16.4. The maximum absolute atomic E-state index is 11.3. The maximum atomic E-state index is 11.3. The zero-order valence-electron chi connectivity index (χ0n) is 8.46. The third-order valence-electron chi connectivity index (χ3n) is 2.20. The monoisotopic (exact) mass is 197 g/mol. The first kappa shape index (κ1) is 12.5. The van der Waals surface area contributed by atoms with E-state index in [1.54, 1.807) is 0 Å². The second-order valence-electron chi connectivity index (χ2n) is 3.27. The number of carbonyl (C=O) groups is 2. The van der Waals surface area contributed by atoms with Crippen LogP contribution < -0.4 is 5.32 Å². The third kappa shape index (κ3) is 2.77. The average Bonchev–Trinajstić information content (AvgIpc) is 2.16. The van der Waals surface area contributed by atoms with Crippen LogP contribution in [0.4, 0.5) is 0 Å². The lowest BCUT2D eigenvalue weighted by Crippen LogP contribution is -2.43. The minimum Gasteiger partial charge on any atom is -0.480 e.